The summed E-state index contributed by atoms with van der Waals surface area (Å²) < 4.78 is 27.8. The van der Waals surface area contributed by atoms with Crippen molar-refractivity contribution in [3.8, 4) is 0 Å². The Morgan fingerprint density at radius 2 is 1.92 bits per heavy atom. The van der Waals surface area contributed by atoms with E-state index in [-0.39, 0.29) is 16.4 Å². The van der Waals surface area contributed by atoms with Crippen LogP contribution < -0.4 is 10.0 Å². The van der Waals surface area contributed by atoms with Crippen molar-refractivity contribution < 1.29 is 13.2 Å². The molecule has 7 heteroatoms. The van der Waals surface area contributed by atoms with E-state index in [9.17, 15) is 13.2 Å². The number of amides is 1. The maximum Gasteiger partial charge on any atom is 0.255 e. The number of sulfonamides is 1. The van der Waals surface area contributed by atoms with Gasteiger partial charge >= 0.3 is 0 Å². The predicted octanol–water partition coefficient (Wildman–Crippen LogP) is 3.70. The van der Waals surface area contributed by atoms with Gasteiger partial charge in [0.05, 0.1) is 4.90 Å². The van der Waals surface area contributed by atoms with E-state index in [1.54, 1.807) is 18.2 Å². The van der Waals surface area contributed by atoms with Gasteiger partial charge < -0.3 is 5.32 Å². The zero-order valence-electron chi connectivity index (χ0n) is 13.5. The standard InChI is InChI=1S/C17H19BrN2O3S/c1-3-9-19-24(22,23)15-6-4-5-13(11-15)17(21)20-16-8-7-14(18)10-12(16)2/h4-8,10-11,19H,3,9H2,1-2H3,(H,20,21). The zero-order chi connectivity index (χ0) is 17.7. The maximum atomic E-state index is 12.4. The third-order valence-corrected chi connectivity index (χ3v) is 5.34. The van der Waals surface area contributed by atoms with Crippen molar-refractivity contribution in [2.24, 2.45) is 0 Å². The highest BCUT2D eigenvalue weighted by Crippen LogP contribution is 2.21. The molecule has 0 unspecified atom stereocenters. The smallest absolute Gasteiger partial charge is 0.255 e. The number of halogens is 1. The summed E-state index contributed by atoms with van der Waals surface area (Å²) in [5, 5.41) is 2.80. The zero-order valence-corrected chi connectivity index (χ0v) is 15.9. The highest BCUT2D eigenvalue weighted by Gasteiger charge is 2.16. The molecule has 0 saturated heterocycles. The number of nitrogens with one attached hydrogen (secondary N) is 2. The second-order valence-corrected chi connectivity index (χ2v) is 8.02. The molecule has 0 aliphatic heterocycles. The number of rotatable bonds is 6. The molecule has 0 aliphatic rings. The first-order valence-electron chi connectivity index (χ1n) is 7.50. The van der Waals surface area contributed by atoms with Gasteiger partial charge in [-0.25, -0.2) is 13.1 Å². The Hall–Kier alpha value is -1.70. The summed E-state index contributed by atoms with van der Waals surface area (Å²) in [6.07, 6.45) is 0.697. The largest absolute Gasteiger partial charge is 0.322 e. The maximum absolute atomic E-state index is 12.4. The van der Waals surface area contributed by atoms with Crippen molar-refractivity contribution in [1.82, 2.24) is 4.72 Å². The Morgan fingerprint density at radius 3 is 2.58 bits per heavy atom. The van der Waals surface area contributed by atoms with E-state index < -0.39 is 10.0 Å². The van der Waals surface area contributed by atoms with Crippen LogP contribution in [0.4, 0.5) is 5.69 Å². The van der Waals surface area contributed by atoms with E-state index in [0.29, 0.717) is 18.7 Å². The molecular weight excluding hydrogens is 392 g/mol. The number of carbonyl (C=O) groups excluding carboxylic acids is 1. The molecule has 2 aromatic rings. The Labute approximate surface area is 150 Å². The van der Waals surface area contributed by atoms with Crippen molar-refractivity contribution >= 4 is 37.5 Å². The van der Waals surface area contributed by atoms with Crippen LogP contribution in [-0.4, -0.2) is 20.9 Å². The first-order chi connectivity index (χ1) is 11.3. The summed E-state index contributed by atoms with van der Waals surface area (Å²) in [5.74, 6) is -0.354. The molecule has 0 saturated carbocycles. The summed E-state index contributed by atoms with van der Waals surface area (Å²) >= 11 is 3.37. The lowest BCUT2D eigenvalue weighted by Gasteiger charge is -2.10. The molecule has 0 spiro atoms. The molecule has 0 atom stereocenters. The molecule has 0 bridgehead atoms. The number of carbonyl (C=O) groups is 1. The van der Waals surface area contributed by atoms with Crippen LogP contribution in [0.15, 0.2) is 51.8 Å². The van der Waals surface area contributed by atoms with Crippen molar-refractivity contribution in [2.75, 3.05) is 11.9 Å². The molecule has 0 fully saturated rings. The molecule has 24 heavy (non-hydrogen) atoms. The SMILES string of the molecule is CCCNS(=O)(=O)c1cccc(C(=O)Nc2ccc(Br)cc2C)c1. The van der Waals surface area contributed by atoms with Crippen LogP contribution in [0, 0.1) is 6.92 Å². The normalized spacial score (nSPS) is 11.3. The molecule has 128 valence electrons. The van der Waals surface area contributed by atoms with Gasteiger partial charge in [0.2, 0.25) is 10.0 Å². The van der Waals surface area contributed by atoms with E-state index in [4.69, 9.17) is 0 Å². The van der Waals surface area contributed by atoms with Gasteiger partial charge in [-0.3, -0.25) is 4.79 Å². The molecule has 0 radical (unpaired) electrons. The molecule has 5 nitrogen and oxygen atoms in total. The minimum absolute atomic E-state index is 0.0797. The van der Waals surface area contributed by atoms with Crippen molar-refractivity contribution in [3.05, 3.63) is 58.1 Å². The van der Waals surface area contributed by atoms with Crippen molar-refractivity contribution in [3.63, 3.8) is 0 Å². The van der Waals surface area contributed by atoms with E-state index in [1.807, 2.05) is 26.0 Å². The third kappa shape index (κ3) is 4.66. The minimum Gasteiger partial charge on any atom is -0.322 e. The number of anilines is 1. The van der Waals surface area contributed by atoms with Crippen LogP contribution in [0.2, 0.25) is 0 Å². The lowest BCUT2D eigenvalue weighted by atomic mass is 10.1. The Bertz CT molecular complexity index is 851. The van der Waals surface area contributed by atoms with Crippen LogP contribution in [0.3, 0.4) is 0 Å². The molecule has 0 heterocycles. The fourth-order valence-corrected chi connectivity index (χ4v) is 3.74. The van der Waals surface area contributed by atoms with Crippen molar-refractivity contribution in [1.29, 1.82) is 0 Å². The lowest BCUT2D eigenvalue weighted by Crippen LogP contribution is -2.24. The number of aryl methyl sites for hydroxylation is 1. The van der Waals surface area contributed by atoms with E-state index >= 15 is 0 Å². The van der Waals surface area contributed by atoms with Gasteiger partial charge in [-0.15, -0.1) is 0 Å². The topological polar surface area (TPSA) is 75.3 Å². The quantitative estimate of drug-likeness (QED) is 0.761. The monoisotopic (exact) mass is 410 g/mol. The van der Waals surface area contributed by atoms with Crippen LogP contribution in [-0.2, 0) is 10.0 Å². The number of benzene rings is 2. The Balaban J connectivity index is 2.23. The van der Waals surface area contributed by atoms with E-state index in [2.05, 4.69) is 26.0 Å². The second kappa shape index (κ2) is 7.92. The average molecular weight is 411 g/mol. The van der Waals surface area contributed by atoms with Crippen LogP contribution in [0.25, 0.3) is 0 Å². The summed E-state index contributed by atoms with van der Waals surface area (Å²) in [6.45, 7) is 4.12. The Kier molecular flexibility index (Phi) is 6.15. The highest BCUT2D eigenvalue weighted by atomic mass is 79.9. The molecular formula is C17H19BrN2O3S. The first-order valence-corrected chi connectivity index (χ1v) is 9.78. The molecule has 2 rings (SSSR count). The van der Waals surface area contributed by atoms with E-state index in [1.165, 1.54) is 12.1 Å². The summed E-state index contributed by atoms with van der Waals surface area (Å²) in [7, 11) is -3.60. The Morgan fingerprint density at radius 1 is 1.17 bits per heavy atom. The van der Waals surface area contributed by atoms with Gasteiger partial charge in [0.15, 0.2) is 0 Å². The number of hydrogen-bond donors (Lipinski definition) is 2. The summed E-state index contributed by atoms with van der Waals surface area (Å²) in [6, 6.07) is 11.5. The summed E-state index contributed by atoms with van der Waals surface area (Å²) in [5.41, 5.74) is 1.88. The summed E-state index contributed by atoms with van der Waals surface area (Å²) in [4.78, 5) is 12.5. The number of hydrogen-bond acceptors (Lipinski definition) is 3. The molecule has 1 amide bonds. The van der Waals surface area contributed by atoms with Crippen LogP contribution in [0.1, 0.15) is 29.3 Å². The minimum atomic E-state index is -3.60. The lowest BCUT2D eigenvalue weighted by molar-refractivity contribution is 0.102. The van der Waals surface area contributed by atoms with Gasteiger partial charge in [-0.1, -0.05) is 28.9 Å². The third-order valence-electron chi connectivity index (χ3n) is 3.39. The fraction of sp³-hybridized carbons (Fsp3) is 0.235. The van der Waals surface area contributed by atoms with E-state index in [0.717, 1.165) is 10.0 Å². The van der Waals surface area contributed by atoms with Gasteiger partial charge in [0.25, 0.3) is 5.91 Å². The molecule has 2 N–H and O–H groups in total. The van der Waals surface area contributed by atoms with Crippen LogP contribution >= 0.6 is 15.9 Å². The van der Waals surface area contributed by atoms with Gasteiger partial charge in [-0.05, 0) is 55.3 Å². The van der Waals surface area contributed by atoms with Crippen molar-refractivity contribution in [2.45, 2.75) is 25.2 Å². The fourth-order valence-electron chi connectivity index (χ4n) is 2.09. The molecule has 0 aromatic heterocycles. The second-order valence-electron chi connectivity index (χ2n) is 5.34. The highest BCUT2D eigenvalue weighted by molar-refractivity contribution is 9.10. The molecule has 2 aromatic carbocycles. The van der Waals surface area contributed by atoms with Gasteiger partial charge in [0.1, 0.15) is 0 Å². The van der Waals surface area contributed by atoms with Gasteiger partial charge in [0, 0.05) is 22.3 Å². The first kappa shape index (κ1) is 18.6. The van der Waals surface area contributed by atoms with Gasteiger partial charge in [-0.2, -0.15) is 0 Å². The molecule has 0 aliphatic carbocycles. The predicted molar refractivity (Wildman–Crippen MR) is 98.8 cm³/mol. The van der Waals surface area contributed by atoms with Crippen LogP contribution in [0.5, 0.6) is 0 Å². The average Bonchev–Trinajstić information content (AvgIpc) is 2.55.